The zero-order chi connectivity index (χ0) is 35.9. The van der Waals surface area contributed by atoms with Crippen molar-refractivity contribution < 1.29 is 0 Å². The molecule has 0 aliphatic carbocycles. The second kappa shape index (κ2) is 30.4. The quantitative estimate of drug-likeness (QED) is 0.0807. The Morgan fingerprint density at radius 3 is 0.708 bits per heavy atom. The van der Waals surface area contributed by atoms with E-state index in [-0.39, 0.29) is 0 Å². The third kappa shape index (κ3) is 17.3. The van der Waals surface area contributed by atoms with E-state index in [1.165, 1.54) is 50.8 Å². The molecule has 1 aliphatic rings. The smallest absolute Gasteiger partial charge is 0.0717 e. The fourth-order valence-electron chi connectivity index (χ4n) is 2.65. The fourth-order valence-corrected chi connectivity index (χ4v) is 23.3. The predicted octanol–water partition coefficient (Wildman–Crippen LogP) is 18.6. The first-order chi connectivity index (χ1) is 23.3. The molecule has 1 rings (SSSR count). The van der Waals surface area contributed by atoms with Crippen molar-refractivity contribution in [3.8, 4) is 0 Å². The highest BCUT2D eigenvalue weighted by atomic mass is 32.3. The zero-order valence-corrected chi connectivity index (χ0v) is 41.8. The Kier molecular flexibility index (Phi) is 31.2. The van der Waals surface area contributed by atoms with Crippen LogP contribution in [-0.4, -0.2) is 37.5 Å². The van der Waals surface area contributed by atoms with Gasteiger partial charge < -0.3 is 0 Å². The van der Waals surface area contributed by atoms with E-state index >= 15 is 0 Å². The lowest BCUT2D eigenvalue weighted by molar-refractivity contribution is 2.16. The van der Waals surface area contributed by atoms with Gasteiger partial charge in [-0.1, -0.05) is 181 Å². The Bertz CT molecular complexity index is 1220. The molecular weight excluding hydrogens is 938 g/mol. The lowest BCUT2D eigenvalue weighted by Gasteiger charge is -2.26. The van der Waals surface area contributed by atoms with E-state index in [4.69, 9.17) is 0 Å². The van der Waals surface area contributed by atoms with Crippen LogP contribution in [0.1, 0.15) is 0 Å². The summed E-state index contributed by atoms with van der Waals surface area (Å²) in [5, 5.41) is 11.4. The molecule has 0 spiro atoms. The highest BCUT2D eigenvalue weighted by Crippen LogP contribution is 2.66. The van der Waals surface area contributed by atoms with Crippen LogP contribution in [0, 0.1) is 0 Å². The van der Waals surface area contributed by atoms with Crippen molar-refractivity contribution in [3.63, 3.8) is 0 Å². The summed E-state index contributed by atoms with van der Waals surface area (Å²) in [5.41, 5.74) is 0. The molecule has 0 bridgehead atoms. The molecule has 0 saturated carbocycles. The van der Waals surface area contributed by atoms with Crippen LogP contribution in [0.15, 0.2) is 123 Å². The summed E-state index contributed by atoms with van der Waals surface area (Å²) in [5.74, 6) is 0. The molecule has 0 fully saturated rings. The van der Waals surface area contributed by atoms with Gasteiger partial charge >= 0.3 is 0 Å². The maximum atomic E-state index is 4.00. The number of rotatable bonds is 26. The Morgan fingerprint density at radius 1 is 0.333 bits per heavy atom. The number of hydrogen-bond acceptors (Lipinski definition) is 18. The second-order valence-electron chi connectivity index (χ2n) is 6.99. The lowest BCUT2D eigenvalue weighted by atomic mass is 11.1. The van der Waals surface area contributed by atoms with Gasteiger partial charge in [-0.15, -0.1) is 70.6 Å². The van der Waals surface area contributed by atoms with Crippen molar-refractivity contribution in [1.82, 2.24) is 0 Å². The average molecular weight is 974 g/mol. The Morgan fingerprint density at radius 2 is 0.521 bits per heavy atom. The first-order valence-corrected chi connectivity index (χ1v) is 30.2. The average Bonchev–Trinajstić information content (AvgIpc) is 3.09. The third-order valence-corrected chi connectivity index (χ3v) is 26.8. The molecule has 264 valence electrons. The highest BCUT2D eigenvalue weighted by Gasteiger charge is 2.30. The van der Waals surface area contributed by atoms with E-state index < -0.39 is 0 Å². The van der Waals surface area contributed by atoms with Gasteiger partial charge in [0.1, 0.15) is 0 Å². The molecular formula is C30H36S18. The number of hydrogen-bond donors (Lipinski definition) is 0. The Labute approximate surface area is 366 Å². The van der Waals surface area contributed by atoms with Gasteiger partial charge in [0.25, 0.3) is 0 Å². The summed E-state index contributed by atoms with van der Waals surface area (Å²) < 4.78 is 15.0. The van der Waals surface area contributed by atoms with Crippen LogP contribution >= 0.6 is 212 Å². The number of thioether (sulfide) groups is 18. The second-order valence-corrected chi connectivity index (χ2v) is 27.0. The van der Waals surface area contributed by atoms with Gasteiger partial charge in [0, 0.05) is 0 Å². The van der Waals surface area contributed by atoms with Gasteiger partial charge in [-0.25, -0.2) is 0 Å². The first-order valence-electron chi connectivity index (χ1n) is 12.7. The molecule has 0 radical (unpaired) electrons. The molecule has 0 aromatic rings. The van der Waals surface area contributed by atoms with E-state index in [0.717, 1.165) is 0 Å². The molecule has 0 unspecified atom stereocenters. The van der Waals surface area contributed by atoms with Crippen molar-refractivity contribution in [2.45, 2.75) is 0 Å². The predicted molar refractivity (Wildman–Crippen MR) is 276 cm³/mol. The molecule has 0 amide bonds. The summed E-state index contributed by atoms with van der Waals surface area (Å²) in [6, 6.07) is 0. The summed E-state index contributed by atoms with van der Waals surface area (Å²) in [6.07, 6.45) is 12.9. The minimum absolute atomic E-state index is 1.18. The molecule has 18 heteroatoms. The molecule has 0 N–H and O–H groups in total. The summed E-state index contributed by atoms with van der Waals surface area (Å²) in [4.78, 5) is 0. The summed E-state index contributed by atoms with van der Waals surface area (Å²) in [6.45, 7) is 24.0. The van der Waals surface area contributed by atoms with Crippen molar-refractivity contribution in [2.75, 3.05) is 37.5 Å². The molecule has 0 aromatic heterocycles. The molecule has 0 saturated heterocycles. The molecule has 0 atom stereocenters. The molecule has 0 aromatic carbocycles. The van der Waals surface area contributed by atoms with Crippen LogP contribution in [0.3, 0.4) is 0 Å². The topological polar surface area (TPSA) is 0 Å². The SMILES string of the molecule is C=CSC(SC=C)=C(SC)SC1=C(S/C(SC)=C(/SC)SC=C)SC(SC(SC)=C(SC=C)SC=C)=C(S/C(SC)=C(\SC)SC=C)S1. The summed E-state index contributed by atoms with van der Waals surface area (Å²) >= 11 is 31.8. The van der Waals surface area contributed by atoms with Crippen LogP contribution in [0.4, 0.5) is 0 Å². The van der Waals surface area contributed by atoms with Crippen LogP contribution in [0.25, 0.3) is 0 Å². The zero-order valence-electron chi connectivity index (χ0n) is 27.1. The Balaban J connectivity index is 4.12. The Hall–Kier alpha value is 3.18. The maximum absolute atomic E-state index is 4.00. The maximum Gasteiger partial charge on any atom is 0.0717 e. The van der Waals surface area contributed by atoms with E-state index in [1.807, 2.05) is 103 Å². The van der Waals surface area contributed by atoms with Crippen LogP contribution in [-0.2, 0) is 0 Å². The summed E-state index contributed by atoms with van der Waals surface area (Å²) in [7, 11) is 0. The molecule has 1 heterocycles. The fraction of sp³-hybridized carbons (Fsp3) is 0.200. The van der Waals surface area contributed by atoms with E-state index in [9.17, 15) is 0 Å². The first kappa shape index (κ1) is 49.2. The van der Waals surface area contributed by atoms with Crippen molar-refractivity contribution in [3.05, 3.63) is 123 Å². The van der Waals surface area contributed by atoms with Crippen molar-refractivity contribution >= 4 is 212 Å². The molecule has 1 aliphatic heterocycles. The normalized spacial score (nSPS) is 14.1. The monoisotopic (exact) mass is 972 g/mol. The van der Waals surface area contributed by atoms with E-state index in [0.29, 0.717) is 0 Å². The van der Waals surface area contributed by atoms with Crippen LogP contribution in [0.2, 0.25) is 0 Å². The van der Waals surface area contributed by atoms with Gasteiger partial charge in [-0.3, -0.25) is 0 Å². The largest absolute Gasteiger partial charge is 0.121 e. The van der Waals surface area contributed by atoms with Gasteiger partial charge in [0.15, 0.2) is 0 Å². The highest BCUT2D eigenvalue weighted by molar-refractivity contribution is 8.46. The molecule has 48 heavy (non-hydrogen) atoms. The standard InChI is InChI=1S/C30H36S18/c1-13-37-19(31-7)21(33-9)43-27-29(45-23(35-11)25(39-15-3)40-16-4)48-28(44-22(34-10)20(32-8)38-14-2)30(47-27)46-24(36-12)26(41-17-5)42-18-6/h13-18H,1-6H2,7-12H3/b21-19-,22-20+. The van der Waals surface area contributed by atoms with E-state index in [1.54, 1.807) is 141 Å². The van der Waals surface area contributed by atoms with Crippen molar-refractivity contribution in [2.24, 2.45) is 0 Å². The van der Waals surface area contributed by atoms with Gasteiger partial charge in [0.2, 0.25) is 0 Å². The lowest BCUT2D eigenvalue weighted by Crippen LogP contribution is -1.92. The van der Waals surface area contributed by atoms with Crippen LogP contribution in [0.5, 0.6) is 0 Å². The van der Waals surface area contributed by atoms with Gasteiger partial charge in [-0.05, 0) is 70.0 Å². The van der Waals surface area contributed by atoms with E-state index in [2.05, 4.69) is 77.0 Å². The minimum Gasteiger partial charge on any atom is -0.121 e. The van der Waals surface area contributed by atoms with Gasteiger partial charge in [0.05, 0.1) is 50.8 Å². The van der Waals surface area contributed by atoms with Gasteiger partial charge in [-0.2, -0.15) is 0 Å². The minimum atomic E-state index is 1.18. The van der Waals surface area contributed by atoms with Crippen LogP contribution < -0.4 is 0 Å². The molecule has 0 nitrogen and oxygen atoms in total. The third-order valence-electron chi connectivity index (χ3n) is 4.37. The van der Waals surface area contributed by atoms with Crippen molar-refractivity contribution in [1.29, 1.82) is 0 Å².